The summed E-state index contributed by atoms with van der Waals surface area (Å²) < 4.78 is 5.37. The highest BCUT2D eigenvalue weighted by atomic mass is 32.2. The van der Waals surface area contributed by atoms with Gasteiger partial charge in [-0.1, -0.05) is 27.7 Å². The summed E-state index contributed by atoms with van der Waals surface area (Å²) in [6, 6.07) is 0. The van der Waals surface area contributed by atoms with Gasteiger partial charge in [0.05, 0.1) is 5.94 Å². The molecule has 0 aliphatic rings. The van der Waals surface area contributed by atoms with Gasteiger partial charge in [0, 0.05) is 11.9 Å². The first kappa shape index (κ1) is 10.3. The maximum absolute atomic E-state index is 5.37. The topological polar surface area (TPSA) is 9.23 Å². The Morgan fingerprint density at radius 3 is 2.20 bits per heavy atom. The van der Waals surface area contributed by atoms with E-state index in [0.717, 1.165) is 12.5 Å². The molecule has 0 N–H and O–H groups in total. The summed E-state index contributed by atoms with van der Waals surface area (Å²) >= 11 is 1.85. The van der Waals surface area contributed by atoms with Crippen molar-refractivity contribution in [1.82, 2.24) is 0 Å². The first-order valence-electron chi connectivity index (χ1n) is 3.82. The maximum atomic E-state index is 5.37. The third kappa shape index (κ3) is 8.31. The minimum atomic E-state index is 0.660. The van der Waals surface area contributed by atoms with Crippen molar-refractivity contribution in [2.75, 3.05) is 12.5 Å². The first-order chi connectivity index (χ1) is 4.63. The second-order valence-electron chi connectivity index (χ2n) is 3.10. The number of rotatable bonds is 5. The first-order valence-corrected chi connectivity index (χ1v) is 4.87. The van der Waals surface area contributed by atoms with Crippen LogP contribution in [0.1, 0.15) is 27.7 Å². The molecule has 0 unspecified atom stereocenters. The van der Waals surface area contributed by atoms with Gasteiger partial charge in [0.25, 0.3) is 0 Å². The van der Waals surface area contributed by atoms with Crippen LogP contribution in [0.25, 0.3) is 0 Å². The Labute approximate surface area is 68.5 Å². The molecule has 0 fully saturated rings. The number of hydrogen-bond acceptors (Lipinski definition) is 2. The molecular formula is C8H18OS. The van der Waals surface area contributed by atoms with E-state index in [1.165, 1.54) is 0 Å². The Balaban J connectivity index is 2.91. The lowest BCUT2D eigenvalue weighted by atomic mass is 10.2. The molecule has 0 atom stereocenters. The van der Waals surface area contributed by atoms with Crippen LogP contribution in [0.2, 0.25) is 0 Å². The van der Waals surface area contributed by atoms with E-state index in [4.69, 9.17) is 4.74 Å². The second-order valence-corrected chi connectivity index (χ2v) is 4.61. The van der Waals surface area contributed by atoms with Crippen molar-refractivity contribution in [3.05, 3.63) is 0 Å². The van der Waals surface area contributed by atoms with Gasteiger partial charge in [-0.15, -0.1) is 11.8 Å². The van der Waals surface area contributed by atoms with Crippen molar-refractivity contribution in [1.29, 1.82) is 0 Å². The Bertz CT molecular complexity index is 61.7. The van der Waals surface area contributed by atoms with Crippen LogP contribution in [0.4, 0.5) is 0 Å². The van der Waals surface area contributed by atoms with E-state index in [2.05, 4.69) is 27.7 Å². The van der Waals surface area contributed by atoms with Crippen molar-refractivity contribution in [3.63, 3.8) is 0 Å². The molecular weight excluding hydrogens is 144 g/mol. The molecule has 0 aromatic heterocycles. The van der Waals surface area contributed by atoms with Gasteiger partial charge in [0.15, 0.2) is 0 Å². The standard InChI is InChI=1S/C8H18OS/c1-7(2)5-9-6-10-8(3)4/h7-8H,5-6H2,1-4H3. The highest BCUT2D eigenvalue weighted by Crippen LogP contribution is 2.09. The molecule has 0 aromatic rings. The number of ether oxygens (including phenoxy) is 1. The van der Waals surface area contributed by atoms with E-state index in [9.17, 15) is 0 Å². The van der Waals surface area contributed by atoms with Crippen LogP contribution in [0.5, 0.6) is 0 Å². The lowest BCUT2D eigenvalue weighted by molar-refractivity contribution is 0.153. The maximum Gasteiger partial charge on any atom is 0.0923 e. The molecule has 0 saturated carbocycles. The summed E-state index contributed by atoms with van der Waals surface area (Å²) in [5, 5.41) is 0.687. The zero-order chi connectivity index (χ0) is 7.98. The smallest absolute Gasteiger partial charge is 0.0923 e. The lowest BCUT2D eigenvalue weighted by Gasteiger charge is -2.07. The predicted molar refractivity (Wildman–Crippen MR) is 48.4 cm³/mol. The number of thioether (sulfide) groups is 1. The largest absolute Gasteiger partial charge is 0.371 e. The van der Waals surface area contributed by atoms with E-state index >= 15 is 0 Å². The lowest BCUT2D eigenvalue weighted by Crippen LogP contribution is -2.02. The fourth-order valence-corrected chi connectivity index (χ4v) is 0.933. The summed E-state index contributed by atoms with van der Waals surface area (Å²) in [5.74, 6) is 1.50. The zero-order valence-electron chi connectivity index (χ0n) is 7.39. The fourth-order valence-electron chi connectivity index (χ4n) is 0.468. The Hall–Kier alpha value is 0.310. The Kier molecular flexibility index (Phi) is 6.24. The van der Waals surface area contributed by atoms with Crippen LogP contribution in [0.15, 0.2) is 0 Å². The van der Waals surface area contributed by atoms with Crippen LogP contribution >= 0.6 is 11.8 Å². The van der Waals surface area contributed by atoms with Gasteiger partial charge in [0.1, 0.15) is 0 Å². The van der Waals surface area contributed by atoms with Crippen LogP contribution in [0.3, 0.4) is 0 Å². The summed E-state index contributed by atoms with van der Waals surface area (Å²) in [6.45, 7) is 9.59. The molecule has 0 amide bonds. The van der Waals surface area contributed by atoms with Crippen molar-refractivity contribution in [2.24, 2.45) is 5.92 Å². The zero-order valence-corrected chi connectivity index (χ0v) is 8.20. The third-order valence-electron chi connectivity index (χ3n) is 0.936. The monoisotopic (exact) mass is 162 g/mol. The molecule has 0 aliphatic heterocycles. The van der Waals surface area contributed by atoms with Crippen LogP contribution < -0.4 is 0 Å². The molecule has 0 aromatic carbocycles. The summed E-state index contributed by atoms with van der Waals surface area (Å²) in [6.07, 6.45) is 0. The summed E-state index contributed by atoms with van der Waals surface area (Å²) in [4.78, 5) is 0. The molecule has 0 aliphatic carbocycles. The molecule has 0 radical (unpaired) electrons. The van der Waals surface area contributed by atoms with Gasteiger partial charge in [0.2, 0.25) is 0 Å². The minimum absolute atomic E-state index is 0.660. The minimum Gasteiger partial charge on any atom is -0.371 e. The molecule has 62 valence electrons. The summed E-state index contributed by atoms with van der Waals surface area (Å²) in [7, 11) is 0. The quantitative estimate of drug-likeness (QED) is 0.454. The molecule has 0 spiro atoms. The number of hydrogen-bond donors (Lipinski definition) is 0. The van der Waals surface area contributed by atoms with Gasteiger partial charge < -0.3 is 4.74 Å². The predicted octanol–water partition coefficient (Wildman–Crippen LogP) is 2.76. The average Bonchev–Trinajstić information content (AvgIpc) is 1.79. The Morgan fingerprint density at radius 2 is 1.80 bits per heavy atom. The molecule has 1 nitrogen and oxygen atoms in total. The van der Waals surface area contributed by atoms with Crippen molar-refractivity contribution in [2.45, 2.75) is 32.9 Å². The van der Waals surface area contributed by atoms with E-state index in [-0.39, 0.29) is 0 Å². The second kappa shape index (κ2) is 6.05. The van der Waals surface area contributed by atoms with Crippen molar-refractivity contribution in [3.8, 4) is 0 Å². The fraction of sp³-hybridized carbons (Fsp3) is 1.00. The normalized spacial score (nSPS) is 11.4. The van der Waals surface area contributed by atoms with Gasteiger partial charge in [-0.25, -0.2) is 0 Å². The van der Waals surface area contributed by atoms with Gasteiger partial charge in [-0.2, -0.15) is 0 Å². The van der Waals surface area contributed by atoms with Crippen molar-refractivity contribution >= 4 is 11.8 Å². The molecule has 0 saturated heterocycles. The molecule has 0 rings (SSSR count). The van der Waals surface area contributed by atoms with E-state index in [1.54, 1.807) is 0 Å². The third-order valence-corrected chi connectivity index (χ3v) is 1.91. The summed E-state index contributed by atoms with van der Waals surface area (Å²) in [5.41, 5.74) is 0. The van der Waals surface area contributed by atoms with Gasteiger partial charge in [-0.05, 0) is 5.92 Å². The highest BCUT2D eigenvalue weighted by molar-refractivity contribution is 7.99. The SMILES string of the molecule is CC(C)COCSC(C)C. The Morgan fingerprint density at radius 1 is 1.20 bits per heavy atom. The van der Waals surface area contributed by atoms with Crippen LogP contribution in [-0.2, 0) is 4.74 Å². The molecule has 2 heteroatoms. The average molecular weight is 162 g/mol. The highest BCUT2D eigenvalue weighted by Gasteiger charge is 1.95. The molecule has 0 heterocycles. The van der Waals surface area contributed by atoms with Gasteiger partial charge >= 0.3 is 0 Å². The van der Waals surface area contributed by atoms with Crippen molar-refractivity contribution < 1.29 is 4.74 Å². The van der Waals surface area contributed by atoms with Gasteiger partial charge in [-0.3, -0.25) is 0 Å². The molecule has 10 heavy (non-hydrogen) atoms. The molecule has 0 bridgehead atoms. The van der Waals surface area contributed by atoms with E-state index in [0.29, 0.717) is 11.2 Å². The van der Waals surface area contributed by atoms with E-state index < -0.39 is 0 Å². The van der Waals surface area contributed by atoms with Crippen LogP contribution in [0, 0.1) is 5.92 Å². The van der Waals surface area contributed by atoms with Crippen LogP contribution in [-0.4, -0.2) is 17.8 Å². The van der Waals surface area contributed by atoms with E-state index in [1.807, 2.05) is 11.8 Å².